The van der Waals surface area contributed by atoms with Crippen molar-refractivity contribution >= 4 is 49.8 Å². The number of aromatic nitrogens is 1. The SMILES string of the molecule is CC(C(=O)NCC(c1ccc(Cl)cc1Cl)c1c[nH]c2ccccc12)S(C)(=O)=O. The fraction of sp³-hybridized carbons (Fsp3) is 0.250. The maximum Gasteiger partial charge on any atom is 0.238 e. The smallest absolute Gasteiger partial charge is 0.238 e. The number of fused-ring (bicyclic) bond motifs is 1. The van der Waals surface area contributed by atoms with E-state index in [0.29, 0.717) is 10.0 Å². The molecule has 0 bridgehead atoms. The number of H-pyrrole nitrogens is 1. The van der Waals surface area contributed by atoms with Gasteiger partial charge in [0.2, 0.25) is 5.91 Å². The van der Waals surface area contributed by atoms with Gasteiger partial charge >= 0.3 is 0 Å². The van der Waals surface area contributed by atoms with Crippen LogP contribution in [0.2, 0.25) is 10.0 Å². The first-order valence-electron chi connectivity index (χ1n) is 8.66. The highest BCUT2D eigenvalue weighted by molar-refractivity contribution is 7.92. The predicted octanol–water partition coefficient (Wildman–Crippen LogP) is 4.16. The third kappa shape index (κ3) is 4.35. The molecule has 0 saturated carbocycles. The molecular weight excluding hydrogens is 419 g/mol. The average Bonchev–Trinajstić information content (AvgIpc) is 3.06. The number of aromatic amines is 1. The van der Waals surface area contributed by atoms with E-state index in [0.717, 1.165) is 28.3 Å². The van der Waals surface area contributed by atoms with Crippen LogP contribution in [-0.2, 0) is 14.6 Å². The van der Waals surface area contributed by atoms with Crippen LogP contribution in [0.15, 0.2) is 48.7 Å². The van der Waals surface area contributed by atoms with E-state index < -0.39 is 21.0 Å². The van der Waals surface area contributed by atoms with E-state index in [1.807, 2.05) is 36.5 Å². The Balaban J connectivity index is 1.99. The van der Waals surface area contributed by atoms with Crippen LogP contribution in [0, 0.1) is 0 Å². The van der Waals surface area contributed by atoms with Crippen molar-refractivity contribution in [2.75, 3.05) is 12.8 Å². The van der Waals surface area contributed by atoms with Gasteiger partial charge in [-0.05, 0) is 36.2 Å². The van der Waals surface area contributed by atoms with Gasteiger partial charge in [-0.2, -0.15) is 0 Å². The summed E-state index contributed by atoms with van der Waals surface area (Å²) < 4.78 is 23.4. The van der Waals surface area contributed by atoms with Gasteiger partial charge in [0.25, 0.3) is 0 Å². The molecular formula is C20H20Cl2N2O3S. The maximum absolute atomic E-state index is 12.3. The minimum absolute atomic E-state index is 0.196. The van der Waals surface area contributed by atoms with Crippen LogP contribution in [0.1, 0.15) is 24.0 Å². The molecule has 1 heterocycles. The second kappa shape index (κ2) is 8.15. The summed E-state index contributed by atoms with van der Waals surface area (Å²) in [5.41, 5.74) is 2.71. The summed E-state index contributed by atoms with van der Waals surface area (Å²) in [5.74, 6) is -0.825. The number of carbonyl (C=O) groups is 1. The van der Waals surface area contributed by atoms with E-state index in [2.05, 4.69) is 10.3 Å². The number of sulfone groups is 1. The van der Waals surface area contributed by atoms with Gasteiger partial charge in [-0.25, -0.2) is 8.42 Å². The standard InChI is InChI=1S/C20H20Cl2N2O3S/c1-12(28(2,26)27)20(25)24-11-16(14-8-7-13(21)9-18(14)22)17-10-23-19-6-4-3-5-15(17)19/h3-10,12,16,23H,11H2,1-2H3,(H,24,25). The fourth-order valence-electron chi connectivity index (χ4n) is 3.09. The summed E-state index contributed by atoms with van der Waals surface area (Å²) in [6.07, 6.45) is 2.93. The van der Waals surface area contributed by atoms with E-state index >= 15 is 0 Å². The Bertz CT molecular complexity index is 1130. The van der Waals surface area contributed by atoms with Gasteiger partial charge in [-0.3, -0.25) is 4.79 Å². The van der Waals surface area contributed by atoms with Gasteiger partial charge < -0.3 is 10.3 Å². The number of nitrogens with one attached hydrogen (secondary N) is 2. The molecule has 0 aliphatic rings. The maximum atomic E-state index is 12.3. The van der Waals surface area contributed by atoms with Gasteiger partial charge in [0.05, 0.1) is 0 Å². The molecule has 3 rings (SSSR count). The second-order valence-electron chi connectivity index (χ2n) is 6.72. The molecule has 0 fully saturated rings. The van der Waals surface area contributed by atoms with Crippen LogP contribution < -0.4 is 5.32 Å². The molecule has 2 N–H and O–H groups in total. The van der Waals surface area contributed by atoms with Crippen molar-refractivity contribution in [1.82, 2.24) is 10.3 Å². The Morgan fingerprint density at radius 2 is 1.86 bits per heavy atom. The first-order chi connectivity index (χ1) is 13.2. The summed E-state index contributed by atoms with van der Waals surface area (Å²) in [5, 5.41) is 3.63. The quantitative estimate of drug-likeness (QED) is 0.606. The van der Waals surface area contributed by atoms with Crippen molar-refractivity contribution in [2.45, 2.75) is 18.1 Å². The van der Waals surface area contributed by atoms with Crippen molar-refractivity contribution in [1.29, 1.82) is 0 Å². The highest BCUT2D eigenvalue weighted by atomic mass is 35.5. The molecule has 2 atom stereocenters. The molecule has 148 valence electrons. The van der Waals surface area contributed by atoms with E-state index in [-0.39, 0.29) is 12.5 Å². The molecule has 1 aromatic heterocycles. The number of hydrogen-bond acceptors (Lipinski definition) is 3. The summed E-state index contributed by atoms with van der Waals surface area (Å²) in [6.45, 7) is 1.57. The summed E-state index contributed by atoms with van der Waals surface area (Å²) in [4.78, 5) is 15.6. The molecule has 0 aliphatic carbocycles. The Morgan fingerprint density at radius 1 is 1.14 bits per heavy atom. The van der Waals surface area contributed by atoms with Crippen molar-refractivity contribution in [3.05, 3.63) is 69.8 Å². The molecule has 3 aromatic rings. The number of rotatable bonds is 6. The third-order valence-corrected chi connectivity index (χ3v) is 6.89. The lowest BCUT2D eigenvalue weighted by atomic mass is 9.90. The zero-order chi connectivity index (χ0) is 20.5. The Morgan fingerprint density at radius 3 is 2.54 bits per heavy atom. The van der Waals surface area contributed by atoms with Crippen molar-refractivity contribution < 1.29 is 13.2 Å². The average molecular weight is 439 g/mol. The van der Waals surface area contributed by atoms with Crippen LogP contribution in [0.25, 0.3) is 10.9 Å². The predicted molar refractivity (Wildman–Crippen MR) is 114 cm³/mol. The van der Waals surface area contributed by atoms with Gasteiger partial charge in [0.15, 0.2) is 9.84 Å². The summed E-state index contributed by atoms with van der Waals surface area (Å²) >= 11 is 12.5. The number of carbonyl (C=O) groups excluding carboxylic acids is 1. The van der Waals surface area contributed by atoms with Crippen LogP contribution in [0.5, 0.6) is 0 Å². The molecule has 0 aliphatic heterocycles. The molecule has 0 spiro atoms. The topological polar surface area (TPSA) is 79.0 Å². The number of benzene rings is 2. The first kappa shape index (κ1) is 20.7. The van der Waals surface area contributed by atoms with Gasteiger partial charge in [-0.1, -0.05) is 47.5 Å². The molecule has 8 heteroatoms. The largest absolute Gasteiger partial charge is 0.361 e. The molecule has 2 unspecified atom stereocenters. The molecule has 0 saturated heterocycles. The van der Waals surface area contributed by atoms with E-state index in [4.69, 9.17) is 23.2 Å². The van der Waals surface area contributed by atoms with E-state index in [1.54, 1.807) is 12.1 Å². The number of para-hydroxylation sites is 1. The lowest BCUT2D eigenvalue weighted by molar-refractivity contribution is -0.120. The van der Waals surface area contributed by atoms with E-state index in [1.165, 1.54) is 6.92 Å². The van der Waals surface area contributed by atoms with Crippen molar-refractivity contribution in [2.24, 2.45) is 0 Å². The second-order valence-corrected chi connectivity index (χ2v) is 9.93. The van der Waals surface area contributed by atoms with Crippen molar-refractivity contribution in [3.63, 3.8) is 0 Å². The lowest BCUT2D eigenvalue weighted by Crippen LogP contribution is -2.39. The minimum Gasteiger partial charge on any atom is -0.361 e. The zero-order valence-electron chi connectivity index (χ0n) is 15.4. The number of hydrogen-bond donors (Lipinski definition) is 2. The molecule has 2 aromatic carbocycles. The summed E-state index contributed by atoms with van der Waals surface area (Å²) in [7, 11) is -3.48. The monoisotopic (exact) mass is 438 g/mol. The van der Waals surface area contributed by atoms with Gasteiger partial charge in [-0.15, -0.1) is 0 Å². The van der Waals surface area contributed by atoms with E-state index in [9.17, 15) is 13.2 Å². The zero-order valence-corrected chi connectivity index (χ0v) is 17.7. The van der Waals surface area contributed by atoms with Crippen molar-refractivity contribution in [3.8, 4) is 0 Å². The lowest BCUT2D eigenvalue weighted by Gasteiger charge is -2.20. The number of amides is 1. The van der Waals surface area contributed by atoms with Crippen LogP contribution in [0.4, 0.5) is 0 Å². The van der Waals surface area contributed by atoms with Crippen LogP contribution in [0.3, 0.4) is 0 Å². The van der Waals surface area contributed by atoms with Gasteiger partial charge in [0.1, 0.15) is 5.25 Å². The molecule has 5 nitrogen and oxygen atoms in total. The first-order valence-corrected chi connectivity index (χ1v) is 11.4. The van der Waals surface area contributed by atoms with Crippen LogP contribution >= 0.6 is 23.2 Å². The molecule has 28 heavy (non-hydrogen) atoms. The number of halogens is 2. The normalized spacial score (nSPS) is 14.0. The minimum atomic E-state index is -3.48. The Kier molecular flexibility index (Phi) is 6.03. The highest BCUT2D eigenvalue weighted by Crippen LogP contribution is 2.35. The van der Waals surface area contributed by atoms with Gasteiger partial charge in [0, 0.05) is 45.9 Å². The fourth-order valence-corrected chi connectivity index (χ4v) is 4.11. The Labute approximate surface area is 174 Å². The van der Waals surface area contributed by atoms with Crippen LogP contribution in [-0.4, -0.2) is 37.4 Å². The molecule has 1 amide bonds. The Hall–Kier alpha value is -2.02. The third-order valence-electron chi connectivity index (χ3n) is 4.83. The molecule has 0 radical (unpaired) electrons. The highest BCUT2D eigenvalue weighted by Gasteiger charge is 2.26. The summed E-state index contributed by atoms with van der Waals surface area (Å²) in [6, 6.07) is 13.0.